The number of carbonyl (C=O) groups excluding carboxylic acids is 1. The summed E-state index contributed by atoms with van der Waals surface area (Å²) in [5.74, 6) is -0.651. The molecular weight excluding hydrogens is 445 g/mol. The van der Waals surface area contributed by atoms with Crippen molar-refractivity contribution in [1.82, 2.24) is 25.1 Å². The van der Waals surface area contributed by atoms with E-state index in [-0.39, 0.29) is 24.1 Å². The molecule has 0 aliphatic rings. The number of nitrogens with two attached hydrogens (primary N) is 1. The largest absolute Gasteiger partial charge is 0.435 e. The second kappa shape index (κ2) is 8.19. The van der Waals surface area contributed by atoms with Crippen molar-refractivity contribution in [2.75, 3.05) is 5.73 Å². The summed E-state index contributed by atoms with van der Waals surface area (Å²) in [4.78, 5) is 19.7. The second-order valence-electron chi connectivity index (χ2n) is 7.25. The van der Waals surface area contributed by atoms with E-state index < -0.39 is 17.8 Å². The van der Waals surface area contributed by atoms with Gasteiger partial charge in [-0.05, 0) is 48.9 Å². The molecule has 11 heteroatoms. The Morgan fingerprint density at radius 2 is 2.03 bits per heavy atom. The average molecular weight is 463 g/mol. The van der Waals surface area contributed by atoms with Gasteiger partial charge in [-0.1, -0.05) is 23.7 Å². The summed E-state index contributed by atoms with van der Waals surface area (Å²) in [6.45, 7) is 1.55. The molecule has 1 unspecified atom stereocenters. The van der Waals surface area contributed by atoms with Gasteiger partial charge in [0.1, 0.15) is 0 Å². The first-order chi connectivity index (χ1) is 15.1. The zero-order valence-electron chi connectivity index (χ0n) is 16.7. The van der Waals surface area contributed by atoms with E-state index in [4.69, 9.17) is 17.3 Å². The molecule has 4 rings (SSSR count). The van der Waals surface area contributed by atoms with Gasteiger partial charge < -0.3 is 16.0 Å². The van der Waals surface area contributed by atoms with E-state index in [1.807, 2.05) is 0 Å². The molecular formula is C21H18ClF3N6O. The number of halogens is 4. The average Bonchev–Trinajstić information content (AvgIpc) is 3.33. The first-order valence-corrected chi connectivity index (χ1v) is 9.94. The third-order valence-corrected chi connectivity index (χ3v) is 5.22. The van der Waals surface area contributed by atoms with Gasteiger partial charge in [-0.2, -0.15) is 18.3 Å². The molecule has 32 heavy (non-hydrogen) atoms. The Kier molecular flexibility index (Phi) is 5.55. The summed E-state index contributed by atoms with van der Waals surface area (Å²) >= 11 is 5.98. The molecule has 4 N–H and O–H groups in total. The highest BCUT2D eigenvalue weighted by Gasteiger charge is 2.35. The zero-order chi connectivity index (χ0) is 23.0. The van der Waals surface area contributed by atoms with Crippen molar-refractivity contribution >= 4 is 34.5 Å². The number of aromatic amines is 1. The second-order valence-corrected chi connectivity index (χ2v) is 7.68. The van der Waals surface area contributed by atoms with Crippen LogP contribution >= 0.6 is 11.6 Å². The number of aromatic nitrogens is 4. The van der Waals surface area contributed by atoms with Crippen molar-refractivity contribution < 1.29 is 18.0 Å². The number of alkyl halides is 3. The van der Waals surface area contributed by atoms with Crippen molar-refractivity contribution in [3.05, 3.63) is 70.5 Å². The number of benzene rings is 2. The first kappa shape index (κ1) is 21.7. The lowest BCUT2D eigenvalue weighted by Gasteiger charge is -2.14. The van der Waals surface area contributed by atoms with Gasteiger partial charge in [0.25, 0.3) is 0 Å². The quantitative estimate of drug-likeness (QED) is 0.408. The molecule has 166 valence electrons. The molecule has 0 aliphatic heterocycles. The van der Waals surface area contributed by atoms with E-state index in [9.17, 15) is 18.0 Å². The third-order valence-electron chi connectivity index (χ3n) is 4.99. The fourth-order valence-corrected chi connectivity index (χ4v) is 3.50. The minimum Gasteiger partial charge on any atom is -0.369 e. The van der Waals surface area contributed by atoms with Crippen LogP contribution in [0.5, 0.6) is 0 Å². The van der Waals surface area contributed by atoms with Crippen LogP contribution in [0.25, 0.3) is 16.7 Å². The van der Waals surface area contributed by atoms with Gasteiger partial charge in [0.15, 0.2) is 11.6 Å². The number of amides is 1. The van der Waals surface area contributed by atoms with Crippen molar-refractivity contribution in [2.45, 2.75) is 25.6 Å². The molecule has 0 saturated carbocycles. The normalized spacial score (nSPS) is 12.8. The molecule has 1 atom stereocenters. The smallest absolute Gasteiger partial charge is 0.369 e. The Balaban J connectivity index is 1.56. The van der Waals surface area contributed by atoms with Crippen molar-refractivity contribution in [1.29, 1.82) is 0 Å². The molecule has 4 aromatic rings. The summed E-state index contributed by atoms with van der Waals surface area (Å²) in [6.07, 6.45) is -4.63. The number of hydrogen-bond acceptors (Lipinski definition) is 4. The van der Waals surface area contributed by atoms with E-state index in [1.54, 1.807) is 43.3 Å². The minimum absolute atomic E-state index is 0.155. The minimum atomic E-state index is -4.63. The fraction of sp³-hybridized carbons (Fsp3) is 0.190. The highest BCUT2D eigenvalue weighted by atomic mass is 35.5. The predicted octanol–water partition coefficient (Wildman–Crippen LogP) is 4.42. The fourth-order valence-electron chi connectivity index (χ4n) is 3.31. The number of carbonyl (C=O) groups is 1. The molecule has 0 bridgehead atoms. The number of imidazole rings is 1. The third kappa shape index (κ3) is 4.40. The Hall–Kier alpha value is -3.53. The van der Waals surface area contributed by atoms with Gasteiger partial charge in [0.05, 0.1) is 34.9 Å². The molecule has 2 aromatic heterocycles. The number of anilines is 1. The first-order valence-electron chi connectivity index (χ1n) is 9.57. The van der Waals surface area contributed by atoms with E-state index in [1.165, 1.54) is 6.07 Å². The van der Waals surface area contributed by atoms with Crippen LogP contribution in [0.15, 0.2) is 48.5 Å². The molecule has 0 fully saturated rings. The summed E-state index contributed by atoms with van der Waals surface area (Å²) in [6, 6.07) is 12.5. The number of hydrogen-bond donors (Lipinski definition) is 3. The van der Waals surface area contributed by atoms with Crippen LogP contribution in [0.1, 0.15) is 29.8 Å². The Bertz CT molecular complexity index is 1300. The maximum absolute atomic E-state index is 13.2. The maximum atomic E-state index is 13.2. The van der Waals surface area contributed by atoms with Gasteiger partial charge in [-0.3, -0.25) is 4.79 Å². The van der Waals surface area contributed by atoms with Gasteiger partial charge >= 0.3 is 6.18 Å². The van der Waals surface area contributed by atoms with Crippen LogP contribution in [0.4, 0.5) is 19.1 Å². The van der Waals surface area contributed by atoms with Gasteiger partial charge in [-0.25, -0.2) is 9.67 Å². The van der Waals surface area contributed by atoms with Crippen molar-refractivity contribution in [2.24, 2.45) is 0 Å². The highest BCUT2D eigenvalue weighted by molar-refractivity contribution is 6.30. The maximum Gasteiger partial charge on any atom is 0.435 e. The summed E-state index contributed by atoms with van der Waals surface area (Å²) in [5.41, 5.74) is 7.18. The molecule has 2 aromatic carbocycles. The molecule has 1 amide bonds. The number of rotatable bonds is 5. The van der Waals surface area contributed by atoms with Crippen molar-refractivity contribution in [3.8, 4) is 5.69 Å². The molecule has 0 aliphatic carbocycles. The summed E-state index contributed by atoms with van der Waals surface area (Å²) < 4.78 is 40.9. The van der Waals surface area contributed by atoms with Crippen LogP contribution in [-0.2, 0) is 17.5 Å². The van der Waals surface area contributed by atoms with Gasteiger partial charge in [0, 0.05) is 5.02 Å². The van der Waals surface area contributed by atoms with E-state index in [0.29, 0.717) is 27.3 Å². The molecule has 0 radical (unpaired) electrons. The van der Waals surface area contributed by atoms with Crippen LogP contribution in [0.2, 0.25) is 5.02 Å². The monoisotopic (exact) mass is 462 g/mol. The highest BCUT2D eigenvalue weighted by Crippen LogP contribution is 2.30. The van der Waals surface area contributed by atoms with Crippen molar-refractivity contribution in [3.63, 3.8) is 0 Å². The van der Waals surface area contributed by atoms with E-state index in [2.05, 4.69) is 20.4 Å². The van der Waals surface area contributed by atoms with Crippen LogP contribution < -0.4 is 11.1 Å². The number of H-pyrrole nitrogens is 1. The SMILES string of the molecule is CC(C(=O)NCc1cc(C(F)(F)F)nn1-c1cccc(Cl)c1)c1ccc2nc(N)[nH]c2c1. The standard InChI is InChI=1S/C21H18ClF3N6O/c1-11(12-5-6-16-17(7-12)29-20(26)28-16)19(32)27-10-15-9-18(21(23,24)25)30-31(15)14-4-2-3-13(22)8-14/h2-9,11H,10H2,1H3,(H,27,32)(H3,26,28,29). The predicted molar refractivity (Wildman–Crippen MR) is 114 cm³/mol. The molecule has 0 spiro atoms. The number of fused-ring (bicyclic) bond motifs is 1. The topological polar surface area (TPSA) is 102 Å². The summed E-state index contributed by atoms with van der Waals surface area (Å²) in [7, 11) is 0. The Morgan fingerprint density at radius 1 is 1.25 bits per heavy atom. The van der Waals surface area contributed by atoms with Crippen LogP contribution in [-0.4, -0.2) is 25.7 Å². The van der Waals surface area contributed by atoms with Crippen LogP contribution in [0, 0.1) is 0 Å². The van der Waals surface area contributed by atoms with E-state index >= 15 is 0 Å². The number of nitrogen functional groups attached to an aromatic ring is 1. The Morgan fingerprint density at radius 3 is 2.75 bits per heavy atom. The summed E-state index contributed by atoms with van der Waals surface area (Å²) in [5, 5.41) is 6.71. The lowest BCUT2D eigenvalue weighted by atomic mass is 10.00. The lowest BCUT2D eigenvalue weighted by Crippen LogP contribution is -2.28. The molecule has 0 saturated heterocycles. The number of nitrogens with zero attached hydrogens (tertiary/aromatic N) is 3. The van der Waals surface area contributed by atoms with Crippen LogP contribution in [0.3, 0.4) is 0 Å². The Labute approximate surface area is 185 Å². The van der Waals surface area contributed by atoms with E-state index in [0.717, 1.165) is 10.7 Å². The number of nitrogens with one attached hydrogen (secondary N) is 2. The molecule has 7 nitrogen and oxygen atoms in total. The zero-order valence-corrected chi connectivity index (χ0v) is 17.5. The molecule has 2 heterocycles. The lowest BCUT2D eigenvalue weighted by molar-refractivity contribution is -0.141. The van der Waals surface area contributed by atoms with Gasteiger partial charge in [-0.15, -0.1) is 0 Å². The van der Waals surface area contributed by atoms with Gasteiger partial charge in [0.2, 0.25) is 5.91 Å².